The summed E-state index contributed by atoms with van der Waals surface area (Å²) in [6.45, 7) is 8.07. The monoisotopic (exact) mass is 405 g/mol. The van der Waals surface area contributed by atoms with E-state index in [4.69, 9.17) is 11.6 Å². The van der Waals surface area contributed by atoms with Crippen LogP contribution in [0.2, 0.25) is 5.02 Å². The number of piperazine rings is 1. The number of aryl methyl sites for hydroxylation is 1. The number of aromatic hydroxyl groups is 1. The van der Waals surface area contributed by atoms with Crippen LogP contribution in [0.15, 0.2) is 35.1 Å². The Morgan fingerprint density at radius 3 is 2.46 bits per heavy atom. The van der Waals surface area contributed by atoms with Gasteiger partial charge in [0.2, 0.25) is 0 Å². The Bertz CT molecular complexity index is 876. The second-order valence-corrected chi connectivity index (χ2v) is 7.57. The molecule has 1 saturated heterocycles. The topological polar surface area (TPSA) is 68.9 Å². The minimum Gasteiger partial charge on any atom is -0.507 e. The molecule has 1 atom stereocenters. The van der Waals surface area contributed by atoms with Gasteiger partial charge in [0, 0.05) is 50.0 Å². The van der Waals surface area contributed by atoms with Crippen LogP contribution >= 0.6 is 11.6 Å². The molecule has 0 bridgehead atoms. The van der Waals surface area contributed by atoms with Crippen molar-refractivity contribution >= 4 is 11.6 Å². The molecule has 1 aliphatic heterocycles. The van der Waals surface area contributed by atoms with E-state index in [1.165, 1.54) is 0 Å². The molecule has 7 heteroatoms. The van der Waals surface area contributed by atoms with Crippen LogP contribution in [-0.2, 0) is 6.54 Å². The molecule has 0 amide bonds. The van der Waals surface area contributed by atoms with Crippen LogP contribution in [0.25, 0.3) is 0 Å². The number of aromatic nitrogens is 1. The average molecular weight is 406 g/mol. The summed E-state index contributed by atoms with van der Waals surface area (Å²) in [7, 11) is 0. The molecule has 1 fully saturated rings. The van der Waals surface area contributed by atoms with E-state index in [0.29, 0.717) is 23.7 Å². The Morgan fingerprint density at radius 1 is 1.18 bits per heavy atom. The maximum absolute atomic E-state index is 13.3. The summed E-state index contributed by atoms with van der Waals surface area (Å²) >= 11 is 6.52. The van der Waals surface area contributed by atoms with Gasteiger partial charge in [0.15, 0.2) is 0 Å². The number of aliphatic hydroxyl groups excluding tert-OH is 1. The molecule has 0 aliphatic carbocycles. The predicted molar refractivity (Wildman–Crippen MR) is 111 cm³/mol. The minimum atomic E-state index is -0.420. The highest BCUT2D eigenvalue weighted by molar-refractivity contribution is 6.31. The van der Waals surface area contributed by atoms with E-state index in [0.717, 1.165) is 37.4 Å². The van der Waals surface area contributed by atoms with Crippen molar-refractivity contribution in [3.63, 3.8) is 0 Å². The minimum absolute atomic E-state index is 0.00917. The van der Waals surface area contributed by atoms with Crippen LogP contribution < -0.4 is 5.56 Å². The molecule has 1 aliphatic rings. The second-order valence-electron chi connectivity index (χ2n) is 7.16. The fraction of sp³-hybridized carbons (Fsp3) is 0.476. The van der Waals surface area contributed by atoms with Crippen LogP contribution in [0.5, 0.6) is 5.75 Å². The van der Waals surface area contributed by atoms with E-state index >= 15 is 0 Å². The highest BCUT2D eigenvalue weighted by Crippen LogP contribution is 2.36. The number of nitrogens with zero attached hydrogens (tertiary/aromatic N) is 3. The van der Waals surface area contributed by atoms with Crippen molar-refractivity contribution in [3.05, 3.63) is 62.5 Å². The second kappa shape index (κ2) is 9.09. The van der Waals surface area contributed by atoms with Gasteiger partial charge in [-0.05, 0) is 31.5 Å². The van der Waals surface area contributed by atoms with E-state index in [1.54, 1.807) is 10.6 Å². The molecule has 2 N–H and O–H groups in total. The molecule has 6 nitrogen and oxygen atoms in total. The molecular formula is C21H28ClN3O3. The number of rotatable bonds is 6. The summed E-state index contributed by atoms with van der Waals surface area (Å²) in [4.78, 5) is 17.7. The molecule has 3 rings (SSSR count). The van der Waals surface area contributed by atoms with Gasteiger partial charge in [-0.2, -0.15) is 0 Å². The fourth-order valence-electron chi connectivity index (χ4n) is 4.04. The lowest BCUT2D eigenvalue weighted by molar-refractivity contribution is 0.0932. The number of halogens is 1. The van der Waals surface area contributed by atoms with Gasteiger partial charge >= 0.3 is 0 Å². The molecule has 0 radical (unpaired) electrons. The third-order valence-corrected chi connectivity index (χ3v) is 5.84. The van der Waals surface area contributed by atoms with Gasteiger partial charge < -0.3 is 14.8 Å². The van der Waals surface area contributed by atoms with Gasteiger partial charge in [-0.15, -0.1) is 0 Å². The van der Waals surface area contributed by atoms with Crippen LogP contribution in [0.3, 0.4) is 0 Å². The Balaban J connectivity index is 2.09. The lowest BCUT2D eigenvalue weighted by Crippen LogP contribution is -2.49. The zero-order valence-corrected chi connectivity index (χ0v) is 17.2. The van der Waals surface area contributed by atoms with Gasteiger partial charge in [0.1, 0.15) is 5.75 Å². The molecule has 2 aromatic rings. The molecule has 0 saturated carbocycles. The van der Waals surface area contributed by atoms with Crippen molar-refractivity contribution < 1.29 is 10.2 Å². The van der Waals surface area contributed by atoms with Crippen molar-refractivity contribution in [2.75, 3.05) is 39.3 Å². The summed E-state index contributed by atoms with van der Waals surface area (Å²) in [6.07, 6.45) is 0. The number of hydrogen-bond donors (Lipinski definition) is 2. The van der Waals surface area contributed by atoms with Gasteiger partial charge in [0.25, 0.3) is 5.56 Å². The first-order chi connectivity index (χ1) is 13.5. The van der Waals surface area contributed by atoms with Crippen LogP contribution in [0, 0.1) is 6.92 Å². The summed E-state index contributed by atoms with van der Waals surface area (Å²) in [5, 5.41) is 20.5. The molecule has 1 aromatic heterocycles. The number of hydrogen-bond acceptors (Lipinski definition) is 5. The normalized spacial score (nSPS) is 17.0. The fourth-order valence-corrected chi connectivity index (χ4v) is 4.28. The van der Waals surface area contributed by atoms with Crippen molar-refractivity contribution in [1.29, 1.82) is 0 Å². The number of aliphatic hydroxyl groups is 1. The van der Waals surface area contributed by atoms with Crippen LogP contribution in [0.4, 0.5) is 0 Å². The zero-order chi connectivity index (χ0) is 20.3. The zero-order valence-electron chi connectivity index (χ0n) is 16.4. The number of pyridine rings is 1. The average Bonchev–Trinajstić information content (AvgIpc) is 2.67. The van der Waals surface area contributed by atoms with Gasteiger partial charge in [0.05, 0.1) is 18.2 Å². The number of β-amino-alcohol motifs (C(OH)–C–C–N with tert-alkyl or cyclic N) is 1. The first kappa shape index (κ1) is 20.9. The quantitative estimate of drug-likeness (QED) is 0.771. The highest BCUT2D eigenvalue weighted by Gasteiger charge is 2.32. The standard InChI is InChI=1S/C21H28ClN3O3/c1-3-25-15(2)14-18(27)19(21(25)28)20(16-6-4-5-7-17(16)22)24-10-8-23(9-11-24)12-13-26/h4-7,14,20,26-27H,3,8-13H2,1-2H3/t20-/m0/s1. The van der Waals surface area contributed by atoms with Crippen molar-refractivity contribution in [2.45, 2.75) is 26.4 Å². The first-order valence-corrected chi connectivity index (χ1v) is 10.1. The van der Waals surface area contributed by atoms with Gasteiger partial charge in [-0.3, -0.25) is 14.6 Å². The van der Waals surface area contributed by atoms with Crippen molar-refractivity contribution in [2.24, 2.45) is 0 Å². The molecule has 2 heterocycles. The van der Waals surface area contributed by atoms with Gasteiger partial charge in [-0.1, -0.05) is 29.8 Å². The third-order valence-electron chi connectivity index (χ3n) is 5.50. The summed E-state index contributed by atoms with van der Waals surface area (Å²) in [6, 6.07) is 8.74. The molecule has 28 heavy (non-hydrogen) atoms. The lowest BCUT2D eigenvalue weighted by Gasteiger charge is -2.39. The highest BCUT2D eigenvalue weighted by atomic mass is 35.5. The Kier molecular flexibility index (Phi) is 6.78. The molecule has 152 valence electrons. The Labute approximate surface area is 170 Å². The maximum atomic E-state index is 13.3. The molecule has 1 aromatic carbocycles. The summed E-state index contributed by atoms with van der Waals surface area (Å²) in [5.41, 5.74) is 1.75. The van der Waals surface area contributed by atoms with Gasteiger partial charge in [-0.25, -0.2) is 0 Å². The Hall–Kier alpha value is -1.86. The molecule has 0 unspecified atom stereocenters. The van der Waals surface area contributed by atoms with Crippen molar-refractivity contribution in [3.8, 4) is 5.75 Å². The largest absolute Gasteiger partial charge is 0.507 e. The molecule has 0 spiro atoms. The summed E-state index contributed by atoms with van der Waals surface area (Å²) in [5.74, 6) is 0.00917. The Morgan fingerprint density at radius 2 is 1.86 bits per heavy atom. The van der Waals surface area contributed by atoms with Crippen LogP contribution in [0.1, 0.15) is 29.8 Å². The van der Waals surface area contributed by atoms with E-state index in [2.05, 4.69) is 9.80 Å². The SMILES string of the molecule is CCn1c(C)cc(O)c([C@H](c2ccccc2Cl)N2CCN(CCO)CC2)c1=O. The lowest BCUT2D eigenvalue weighted by atomic mass is 9.96. The van der Waals surface area contributed by atoms with Crippen LogP contribution in [-0.4, -0.2) is 63.9 Å². The summed E-state index contributed by atoms with van der Waals surface area (Å²) < 4.78 is 1.68. The van der Waals surface area contributed by atoms with E-state index in [1.807, 2.05) is 38.1 Å². The third kappa shape index (κ3) is 4.10. The van der Waals surface area contributed by atoms with E-state index in [9.17, 15) is 15.0 Å². The smallest absolute Gasteiger partial charge is 0.259 e. The van der Waals surface area contributed by atoms with E-state index < -0.39 is 6.04 Å². The molecular weight excluding hydrogens is 378 g/mol. The first-order valence-electron chi connectivity index (χ1n) is 9.72. The maximum Gasteiger partial charge on any atom is 0.259 e. The number of benzene rings is 1. The van der Waals surface area contributed by atoms with Crippen molar-refractivity contribution in [1.82, 2.24) is 14.4 Å². The predicted octanol–water partition coefficient (Wildman–Crippen LogP) is 2.23. The van der Waals surface area contributed by atoms with E-state index in [-0.39, 0.29) is 17.9 Å².